The lowest BCUT2D eigenvalue weighted by Crippen LogP contribution is -2.12. The quantitative estimate of drug-likeness (QED) is 0.711. The van der Waals surface area contributed by atoms with Crippen LogP contribution >= 0.6 is 22.9 Å². The maximum Gasteiger partial charge on any atom is 0.266 e. The van der Waals surface area contributed by atoms with Crippen LogP contribution < -0.4 is 10.1 Å². The van der Waals surface area contributed by atoms with E-state index in [1.165, 1.54) is 11.3 Å². The molecule has 0 saturated carbocycles. The molecule has 2 heterocycles. The number of benzene rings is 1. The van der Waals surface area contributed by atoms with Crippen molar-refractivity contribution >= 4 is 44.7 Å². The van der Waals surface area contributed by atoms with E-state index >= 15 is 0 Å². The van der Waals surface area contributed by atoms with E-state index in [-0.39, 0.29) is 5.91 Å². The van der Waals surface area contributed by atoms with E-state index in [9.17, 15) is 4.79 Å². The first-order valence-electron chi connectivity index (χ1n) is 7.71. The molecule has 25 heavy (non-hydrogen) atoms. The lowest BCUT2D eigenvalue weighted by Gasteiger charge is -2.12. The van der Waals surface area contributed by atoms with Crippen LogP contribution in [0.25, 0.3) is 10.2 Å². The molecule has 0 fully saturated rings. The predicted octanol–water partition coefficient (Wildman–Crippen LogP) is 4.84. The van der Waals surface area contributed by atoms with Crippen molar-refractivity contribution in [3.8, 4) is 5.75 Å². The fourth-order valence-electron chi connectivity index (χ4n) is 2.80. The molecule has 0 aliphatic carbocycles. The number of aromatic nitrogens is 2. The van der Waals surface area contributed by atoms with Gasteiger partial charge in [0.05, 0.1) is 17.7 Å². The zero-order valence-electron chi connectivity index (χ0n) is 14.7. The van der Waals surface area contributed by atoms with Crippen LogP contribution in [0.5, 0.6) is 5.75 Å². The summed E-state index contributed by atoms with van der Waals surface area (Å²) < 4.78 is 5.32. The highest BCUT2D eigenvalue weighted by atomic mass is 35.5. The van der Waals surface area contributed by atoms with Crippen molar-refractivity contribution in [2.75, 3.05) is 12.4 Å². The largest absolute Gasteiger partial charge is 0.495 e. The Hall–Kier alpha value is -2.18. The Morgan fingerprint density at radius 3 is 2.60 bits per heavy atom. The van der Waals surface area contributed by atoms with Crippen LogP contribution in [-0.4, -0.2) is 23.0 Å². The topological polar surface area (TPSA) is 64.1 Å². The molecule has 0 radical (unpaired) electrons. The van der Waals surface area contributed by atoms with E-state index < -0.39 is 0 Å². The minimum Gasteiger partial charge on any atom is -0.495 e. The minimum absolute atomic E-state index is 0.197. The zero-order valence-corrected chi connectivity index (χ0v) is 16.2. The minimum atomic E-state index is -0.197. The molecule has 0 aliphatic rings. The predicted molar refractivity (Wildman–Crippen MR) is 102 cm³/mol. The summed E-state index contributed by atoms with van der Waals surface area (Å²) in [4.78, 5) is 23.1. The fraction of sp³-hybridized carbons (Fsp3) is 0.278. The standard InChI is InChI=1S/C18H18ClN3O2S/c1-8-6-13(14(24-5)7-12(8)19)22-17(23)16-9(2)15-10(3)20-11(4)21-18(15)25-16/h6-7H,1-5H3,(H,22,23). The first-order chi connectivity index (χ1) is 11.8. The van der Waals surface area contributed by atoms with Gasteiger partial charge in [-0.2, -0.15) is 0 Å². The lowest BCUT2D eigenvalue weighted by atomic mass is 10.1. The van der Waals surface area contributed by atoms with Crippen LogP contribution in [0.4, 0.5) is 5.69 Å². The molecule has 1 amide bonds. The van der Waals surface area contributed by atoms with Gasteiger partial charge in [-0.1, -0.05) is 11.6 Å². The van der Waals surface area contributed by atoms with E-state index in [1.807, 2.05) is 27.7 Å². The van der Waals surface area contributed by atoms with Crippen molar-refractivity contribution in [1.29, 1.82) is 0 Å². The number of rotatable bonds is 3. The van der Waals surface area contributed by atoms with Crippen LogP contribution in [0.15, 0.2) is 12.1 Å². The molecular formula is C18H18ClN3O2S. The summed E-state index contributed by atoms with van der Waals surface area (Å²) in [6, 6.07) is 3.50. The summed E-state index contributed by atoms with van der Waals surface area (Å²) in [5.41, 5.74) is 3.23. The Morgan fingerprint density at radius 2 is 1.92 bits per heavy atom. The summed E-state index contributed by atoms with van der Waals surface area (Å²) in [5, 5.41) is 4.46. The maximum atomic E-state index is 12.8. The maximum absolute atomic E-state index is 12.8. The van der Waals surface area contributed by atoms with E-state index in [2.05, 4.69) is 15.3 Å². The first kappa shape index (κ1) is 17.6. The molecule has 0 atom stereocenters. The third kappa shape index (κ3) is 3.19. The zero-order chi connectivity index (χ0) is 18.3. The Morgan fingerprint density at radius 1 is 1.20 bits per heavy atom. The van der Waals surface area contributed by atoms with E-state index in [0.29, 0.717) is 27.2 Å². The van der Waals surface area contributed by atoms with Crippen LogP contribution in [0.3, 0.4) is 0 Å². The number of ether oxygens (including phenoxy) is 1. The van der Waals surface area contributed by atoms with Crippen LogP contribution in [0.1, 0.15) is 32.3 Å². The molecule has 5 nitrogen and oxygen atoms in total. The number of hydrogen-bond donors (Lipinski definition) is 1. The molecule has 0 spiro atoms. The second kappa shape index (κ2) is 6.61. The summed E-state index contributed by atoms with van der Waals surface area (Å²) in [5.74, 6) is 1.03. The van der Waals surface area contributed by atoms with Gasteiger partial charge in [0, 0.05) is 22.2 Å². The number of anilines is 1. The Balaban J connectivity index is 2.03. The van der Waals surface area contributed by atoms with Gasteiger partial charge >= 0.3 is 0 Å². The average Bonchev–Trinajstić information content (AvgIpc) is 2.87. The van der Waals surface area contributed by atoms with Gasteiger partial charge in [0.15, 0.2) is 0 Å². The van der Waals surface area contributed by atoms with E-state index in [0.717, 1.165) is 27.0 Å². The highest BCUT2D eigenvalue weighted by molar-refractivity contribution is 7.20. The number of fused-ring (bicyclic) bond motifs is 1. The van der Waals surface area contributed by atoms with Crippen LogP contribution in [-0.2, 0) is 0 Å². The third-order valence-electron chi connectivity index (χ3n) is 4.02. The number of aryl methyl sites for hydroxylation is 4. The van der Waals surface area contributed by atoms with Gasteiger partial charge in [-0.3, -0.25) is 4.79 Å². The molecule has 0 bridgehead atoms. The van der Waals surface area contributed by atoms with Crippen molar-refractivity contribution in [2.24, 2.45) is 0 Å². The number of nitrogens with zero attached hydrogens (tertiary/aromatic N) is 2. The Labute approximate surface area is 155 Å². The van der Waals surface area contributed by atoms with Gasteiger partial charge in [-0.05, 0) is 44.9 Å². The molecule has 0 aliphatic heterocycles. The summed E-state index contributed by atoms with van der Waals surface area (Å²) in [6.07, 6.45) is 0. The van der Waals surface area contributed by atoms with E-state index in [1.54, 1.807) is 19.2 Å². The van der Waals surface area contributed by atoms with Crippen LogP contribution in [0, 0.1) is 27.7 Å². The molecule has 7 heteroatoms. The van der Waals surface area contributed by atoms with Gasteiger partial charge in [0.25, 0.3) is 5.91 Å². The Kier molecular flexibility index (Phi) is 4.67. The van der Waals surface area contributed by atoms with Gasteiger partial charge in [-0.25, -0.2) is 9.97 Å². The lowest BCUT2D eigenvalue weighted by molar-refractivity contribution is 0.102. The number of thiophene rings is 1. The molecule has 0 saturated heterocycles. The highest BCUT2D eigenvalue weighted by Crippen LogP contribution is 2.34. The van der Waals surface area contributed by atoms with Crippen LogP contribution in [0.2, 0.25) is 5.02 Å². The van der Waals surface area contributed by atoms with Crippen molar-refractivity contribution in [3.63, 3.8) is 0 Å². The average molecular weight is 376 g/mol. The number of nitrogens with one attached hydrogen (secondary N) is 1. The van der Waals surface area contributed by atoms with Gasteiger partial charge < -0.3 is 10.1 Å². The smallest absolute Gasteiger partial charge is 0.266 e. The van der Waals surface area contributed by atoms with Crippen molar-refractivity contribution in [2.45, 2.75) is 27.7 Å². The van der Waals surface area contributed by atoms with Gasteiger partial charge in [-0.15, -0.1) is 11.3 Å². The summed E-state index contributed by atoms with van der Waals surface area (Å²) in [6.45, 7) is 7.58. The summed E-state index contributed by atoms with van der Waals surface area (Å²) in [7, 11) is 1.54. The molecule has 0 unspecified atom stereocenters. The van der Waals surface area contributed by atoms with Gasteiger partial charge in [0.2, 0.25) is 0 Å². The number of methoxy groups -OCH3 is 1. The number of carbonyl (C=O) groups excluding carboxylic acids is 1. The summed E-state index contributed by atoms with van der Waals surface area (Å²) >= 11 is 7.49. The van der Waals surface area contributed by atoms with Gasteiger partial charge in [0.1, 0.15) is 16.4 Å². The number of carbonyl (C=O) groups is 1. The van der Waals surface area contributed by atoms with Crippen molar-refractivity contribution in [3.05, 3.63) is 44.7 Å². The fourth-order valence-corrected chi connectivity index (χ4v) is 4.13. The molecule has 3 rings (SSSR count). The molecule has 3 aromatic rings. The normalized spacial score (nSPS) is 11.0. The van der Waals surface area contributed by atoms with E-state index in [4.69, 9.17) is 16.3 Å². The highest BCUT2D eigenvalue weighted by Gasteiger charge is 2.20. The van der Waals surface area contributed by atoms with Crippen molar-refractivity contribution < 1.29 is 9.53 Å². The third-order valence-corrected chi connectivity index (χ3v) is 5.61. The second-order valence-corrected chi connectivity index (χ2v) is 7.25. The molecule has 2 aromatic heterocycles. The van der Waals surface area contributed by atoms with Crippen molar-refractivity contribution in [1.82, 2.24) is 9.97 Å². The molecule has 130 valence electrons. The molecular weight excluding hydrogens is 358 g/mol. The molecule has 1 N–H and O–H groups in total. The number of amides is 1. The molecule has 1 aromatic carbocycles. The Bertz CT molecular complexity index is 998. The number of hydrogen-bond acceptors (Lipinski definition) is 5. The number of halogens is 1. The monoisotopic (exact) mass is 375 g/mol. The second-order valence-electron chi connectivity index (χ2n) is 5.85. The SMILES string of the molecule is COc1cc(Cl)c(C)cc1NC(=O)c1sc2nc(C)nc(C)c2c1C. The first-order valence-corrected chi connectivity index (χ1v) is 8.91.